The fourth-order valence-corrected chi connectivity index (χ4v) is 2.90. The van der Waals surface area contributed by atoms with Crippen LogP contribution < -0.4 is 5.32 Å². The molecule has 1 N–H and O–H groups in total. The maximum atomic E-state index is 12.7. The summed E-state index contributed by atoms with van der Waals surface area (Å²) in [7, 11) is 4.87. The summed E-state index contributed by atoms with van der Waals surface area (Å²) in [5.41, 5.74) is 2.03. The van der Waals surface area contributed by atoms with Crippen molar-refractivity contribution in [3.8, 4) is 11.3 Å². The number of carbonyl (C=O) groups is 2. The van der Waals surface area contributed by atoms with E-state index in [9.17, 15) is 9.59 Å². The van der Waals surface area contributed by atoms with Gasteiger partial charge in [-0.05, 0) is 6.07 Å². The third kappa shape index (κ3) is 3.57. The van der Waals surface area contributed by atoms with Crippen LogP contribution in [0.15, 0.2) is 55.0 Å². The first-order valence-corrected chi connectivity index (χ1v) is 8.90. The number of fused-ring (bicyclic) bond motifs is 1. The maximum Gasteiger partial charge on any atom is 0.274 e. The van der Waals surface area contributed by atoms with Crippen LogP contribution >= 0.6 is 0 Å². The van der Waals surface area contributed by atoms with Crippen molar-refractivity contribution in [3.05, 3.63) is 66.2 Å². The number of aromatic nitrogens is 5. The van der Waals surface area contributed by atoms with Crippen molar-refractivity contribution < 1.29 is 9.59 Å². The lowest BCUT2D eigenvalue weighted by molar-refractivity contribution is 0.0815. The molecule has 0 aliphatic rings. The Labute approximate surface area is 166 Å². The van der Waals surface area contributed by atoms with Gasteiger partial charge in [0.05, 0.1) is 11.3 Å². The molecule has 4 aromatic rings. The second-order valence-electron chi connectivity index (χ2n) is 6.73. The summed E-state index contributed by atoms with van der Waals surface area (Å²) in [6, 6.07) is 11.4. The fraction of sp³-hybridized carbons (Fsp3) is 0.150. The van der Waals surface area contributed by atoms with E-state index in [4.69, 9.17) is 0 Å². The number of rotatable bonds is 4. The van der Waals surface area contributed by atoms with Gasteiger partial charge in [-0.15, -0.1) is 0 Å². The highest BCUT2D eigenvalue weighted by Gasteiger charge is 2.23. The van der Waals surface area contributed by atoms with Gasteiger partial charge in [0.1, 0.15) is 5.82 Å². The van der Waals surface area contributed by atoms with Gasteiger partial charge in [-0.1, -0.05) is 30.3 Å². The summed E-state index contributed by atoms with van der Waals surface area (Å²) in [5, 5.41) is 6.83. The standard InChI is InChI=1S/C20H19N7O2/c1-25(2)19(29)17-14(11-26(3)24-17)18(28)22-16-9-10-27-12-15(21-20(27)23-16)13-7-5-4-6-8-13/h4-12H,1-3H3,(H,21,22,23,28). The first kappa shape index (κ1) is 18.4. The molecular formula is C20H19N7O2. The molecule has 0 fully saturated rings. The van der Waals surface area contributed by atoms with Gasteiger partial charge in [0, 0.05) is 45.3 Å². The van der Waals surface area contributed by atoms with Crippen LogP contribution in [0.1, 0.15) is 20.8 Å². The van der Waals surface area contributed by atoms with Crippen molar-refractivity contribution in [2.45, 2.75) is 0 Å². The van der Waals surface area contributed by atoms with Crippen molar-refractivity contribution in [2.75, 3.05) is 19.4 Å². The van der Waals surface area contributed by atoms with Gasteiger partial charge in [0.25, 0.3) is 11.8 Å². The fourth-order valence-electron chi connectivity index (χ4n) is 2.90. The van der Waals surface area contributed by atoms with Gasteiger partial charge < -0.3 is 10.2 Å². The quantitative estimate of drug-likeness (QED) is 0.576. The molecule has 29 heavy (non-hydrogen) atoms. The van der Waals surface area contributed by atoms with Crippen molar-refractivity contribution >= 4 is 23.4 Å². The molecule has 1 aromatic carbocycles. The Morgan fingerprint density at radius 1 is 1.03 bits per heavy atom. The number of imidazole rings is 1. The second kappa shape index (κ2) is 7.19. The second-order valence-corrected chi connectivity index (χ2v) is 6.73. The van der Waals surface area contributed by atoms with Crippen LogP contribution in [0, 0.1) is 0 Å². The van der Waals surface area contributed by atoms with Crippen molar-refractivity contribution in [3.63, 3.8) is 0 Å². The van der Waals surface area contributed by atoms with Crippen molar-refractivity contribution in [1.29, 1.82) is 0 Å². The summed E-state index contributed by atoms with van der Waals surface area (Å²) in [6.45, 7) is 0. The summed E-state index contributed by atoms with van der Waals surface area (Å²) >= 11 is 0. The van der Waals surface area contributed by atoms with E-state index in [1.54, 1.807) is 37.8 Å². The summed E-state index contributed by atoms with van der Waals surface area (Å²) in [6.07, 6.45) is 5.15. The van der Waals surface area contributed by atoms with Gasteiger partial charge in [-0.2, -0.15) is 10.1 Å². The van der Waals surface area contributed by atoms with E-state index in [0.29, 0.717) is 11.6 Å². The predicted octanol–water partition coefficient (Wildman–Crippen LogP) is 2.08. The number of nitrogens with zero attached hydrogens (tertiary/aromatic N) is 6. The Kier molecular flexibility index (Phi) is 4.55. The summed E-state index contributed by atoms with van der Waals surface area (Å²) in [5.74, 6) is -0.0212. The molecule has 0 atom stereocenters. The molecule has 0 saturated carbocycles. The summed E-state index contributed by atoms with van der Waals surface area (Å²) < 4.78 is 3.21. The predicted molar refractivity (Wildman–Crippen MR) is 108 cm³/mol. The van der Waals surface area contributed by atoms with E-state index in [2.05, 4.69) is 20.4 Å². The lowest BCUT2D eigenvalue weighted by atomic mass is 10.2. The Hall–Kier alpha value is -4.01. The molecule has 146 valence electrons. The number of hydrogen-bond donors (Lipinski definition) is 1. The zero-order valence-corrected chi connectivity index (χ0v) is 16.2. The van der Waals surface area contributed by atoms with Crippen LogP contribution in [-0.2, 0) is 7.05 Å². The number of carbonyl (C=O) groups excluding carboxylic acids is 2. The highest BCUT2D eigenvalue weighted by atomic mass is 16.2. The smallest absolute Gasteiger partial charge is 0.274 e. The number of hydrogen-bond acceptors (Lipinski definition) is 5. The Morgan fingerprint density at radius 3 is 2.52 bits per heavy atom. The third-order valence-electron chi connectivity index (χ3n) is 4.32. The Morgan fingerprint density at radius 2 is 1.79 bits per heavy atom. The maximum absolute atomic E-state index is 12.7. The highest BCUT2D eigenvalue weighted by molar-refractivity contribution is 6.10. The number of nitrogens with one attached hydrogen (secondary N) is 1. The number of aryl methyl sites for hydroxylation is 1. The first-order valence-electron chi connectivity index (χ1n) is 8.90. The zero-order chi connectivity index (χ0) is 20.5. The average Bonchev–Trinajstić information content (AvgIpc) is 3.31. The van der Waals surface area contributed by atoms with Crippen molar-refractivity contribution in [1.82, 2.24) is 29.0 Å². The van der Waals surface area contributed by atoms with E-state index < -0.39 is 5.91 Å². The molecule has 0 radical (unpaired) electrons. The minimum atomic E-state index is -0.463. The lowest BCUT2D eigenvalue weighted by Gasteiger charge is -2.09. The van der Waals surface area contributed by atoms with Gasteiger partial charge in [-0.25, -0.2) is 4.98 Å². The highest BCUT2D eigenvalue weighted by Crippen LogP contribution is 2.19. The first-order chi connectivity index (χ1) is 13.9. The molecule has 4 rings (SSSR count). The molecule has 0 aliphatic heterocycles. The van der Waals surface area contributed by atoms with Gasteiger partial charge in [-0.3, -0.25) is 18.7 Å². The summed E-state index contributed by atoms with van der Waals surface area (Å²) in [4.78, 5) is 35.3. The minimum absolute atomic E-state index is 0.0863. The Bertz CT molecular complexity index is 1210. The molecule has 0 aliphatic carbocycles. The number of anilines is 1. The van der Waals surface area contributed by atoms with Crippen LogP contribution in [0.2, 0.25) is 0 Å². The SMILES string of the molecule is CN(C)C(=O)c1nn(C)cc1C(=O)Nc1ccn2cc(-c3ccccc3)nc2n1. The molecule has 0 bridgehead atoms. The van der Waals surface area contributed by atoms with Crippen LogP contribution in [0.25, 0.3) is 17.0 Å². The van der Waals surface area contributed by atoms with Gasteiger partial charge in [0.2, 0.25) is 5.78 Å². The minimum Gasteiger partial charge on any atom is -0.343 e. The lowest BCUT2D eigenvalue weighted by Crippen LogP contribution is -2.25. The number of amides is 2. The molecule has 9 nitrogen and oxygen atoms in total. The molecule has 2 amide bonds. The topological polar surface area (TPSA) is 97.4 Å². The van der Waals surface area contributed by atoms with Crippen LogP contribution in [-0.4, -0.2) is 55.0 Å². The molecule has 3 heterocycles. The molecule has 9 heteroatoms. The number of benzene rings is 1. The Balaban J connectivity index is 1.62. The van der Waals surface area contributed by atoms with Crippen LogP contribution in [0.3, 0.4) is 0 Å². The van der Waals surface area contributed by atoms with Crippen LogP contribution in [0.5, 0.6) is 0 Å². The largest absolute Gasteiger partial charge is 0.343 e. The molecule has 0 unspecified atom stereocenters. The van der Waals surface area contributed by atoms with E-state index in [-0.39, 0.29) is 17.2 Å². The van der Waals surface area contributed by atoms with Crippen LogP contribution in [0.4, 0.5) is 5.82 Å². The third-order valence-corrected chi connectivity index (χ3v) is 4.32. The normalized spacial score (nSPS) is 10.9. The molecule has 0 saturated heterocycles. The van der Waals surface area contributed by atoms with Gasteiger partial charge >= 0.3 is 0 Å². The van der Waals surface area contributed by atoms with E-state index in [1.807, 2.05) is 36.5 Å². The molecule has 0 spiro atoms. The van der Waals surface area contributed by atoms with E-state index in [0.717, 1.165) is 11.3 Å². The molecular weight excluding hydrogens is 370 g/mol. The monoisotopic (exact) mass is 389 g/mol. The van der Waals surface area contributed by atoms with E-state index >= 15 is 0 Å². The van der Waals surface area contributed by atoms with Crippen molar-refractivity contribution in [2.24, 2.45) is 7.05 Å². The molecule has 3 aromatic heterocycles. The zero-order valence-electron chi connectivity index (χ0n) is 16.2. The average molecular weight is 389 g/mol. The van der Waals surface area contributed by atoms with Gasteiger partial charge in [0.15, 0.2) is 5.69 Å². The van der Waals surface area contributed by atoms with E-state index in [1.165, 1.54) is 15.8 Å².